The van der Waals surface area contributed by atoms with E-state index in [9.17, 15) is 9.59 Å². The van der Waals surface area contributed by atoms with Crippen molar-refractivity contribution in [3.05, 3.63) is 30.1 Å². The van der Waals surface area contributed by atoms with Crippen LogP contribution in [0.3, 0.4) is 0 Å². The first-order valence-corrected chi connectivity index (χ1v) is 11.9. The molecule has 0 bridgehead atoms. The summed E-state index contributed by atoms with van der Waals surface area (Å²) in [6, 6.07) is 7.91. The largest absolute Gasteiger partial charge is 0.342 e. The summed E-state index contributed by atoms with van der Waals surface area (Å²) < 4.78 is 0. The minimum Gasteiger partial charge on any atom is -0.342 e. The van der Waals surface area contributed by atoms with Gasteiger partial charge in [-0.3, -0.25) is 9.59 Å². The van der Waals surface area contributed by atoms with Crippen LogP contribution in [0.1, 0.15) is 38.4 Å². The fourth-order valence-electron chi connectivity index (χ4n) is 4.51. The number of hydrogen-bond donors (Lipinski definition) is 0. The molecule has 0 aliphatic carbocycles. The highest BCUT2D eigenvalue weighted by atomic mass is 32.2. The molecule has 2 aliphatic heterocycles. The summed E-state index contributed by atoms with van der Waals surface area (Å²) >= 11 is 1.48. The summed E-state index contributed by atoms with van der Waals surface area (Å²) in [5.74, 6) is 2.17. The number of para-hydroxylation sites is 1. The Hall–Kier alpha value is -2.15. The van der Waals surface area contributed by atoms with Crippen molar-refractivity contribution >= 4 is 34.5 Å². The normalized spacial score (nSPS) is 20.5. The van der Waals surface area contributed by atoms with Gasteiger partial charge in [0.05, 0.1) is 11.3 Å². The molecule has 2 saturated heterocycles. The predicted molar refractivity (Wildman–Crippen MR) is 119 cm³/mol. The van der Waals surface area contributed by atoms with Gasteiger partial charge in [0, 0.05) is 37.5 Å². The molecule has 0 radical (unpaired) electrons. The molecule has 4 rings (SSSR count). The van der Waals surface area contributed by atoms with Crippen LogP contribution < -0.4 is 0 Å². The number of aryl methyl sites for hydroxylation is 1. The number of carbonyl (C=O) groups excluding carboxylic acids is 2. The Kier molecular flexibility index (Phi) is 6.56. The van der Waals surface area contributed by atoms with Gasteiger partial charge in [0.1, 0.15) is 10.9 Å². The number of amides is 2. The average molecular weight is 427 g/mol. The average Bonchev–Trinajstić information content (AvgIpc) is 2.76. The molecule has 7 heteroatoms. The van der Waals surface area contributed by atoms with Crippen molar-refractivity contribution < 1.29 is 9.59 Å². The van der Waals surface area contributed by atoms with Crippen LogP contribution in [-0.4, -0.2) is 63.5 Å². The second-order valence-corrected chi connectivity index (χ2v) is 9.53. The van der Waals surface area contributed by atoms with E-state index in [1.54, 1.807) is 0 Å². The molecule has 2 fully saturated rings. The third kappa shape index (κ3) is 4.77. The van der Waals surface area contributed by atoms with Crippen LogP contribution in [0, 0.1) is 18.8 Å². The number of hydrogen-bond acceptors (Lipinski definition) is 5. The van der Waals surface area contributed by atoms with Crippen LogP contribution >= 0.6 is 11.8 Å². The number of fused-ring (bicyclic) bond motifs is 1. The quantitative estimate of drug-likeness (QED) is 0.553. The van der Waals surface area contributed by atoms with E-state index >= 15 is 0 Å². The van der Waals surface area contributed by atoms with Gasteiger partial charge in [-0.25, -0.2) is 9.97 Å². The van der Waals surface area contributed by atoms with Crippen molar-refractivity contribution in [3.8, 4) is 0 Å². The summed E-state index contributed by atoms with van der Waals surface area (Å²) in [7, 11) is 0. The van der Waals surface area contributed by atoms with Gasteiger partial charge in [-0.1, -0.05) is 36.9 Å². The van der Waals surface area contributed by atoms with Gasteiger partial charge in [0.2, 0.25) is 11.8 Å². The molecule has 160 valence electrons. The number of rotatable bonds is 4. The lowest BCUT2D eigenvalue weighted by Crippen LogP contribution is -2.47. The SMILES string of the molecule is Cc1nc(SCC(=O)N2CCC(C(=O)N3CCCC(C)C3)CC2)c2ccccc2n1. The third-order valence-corrected chi connectivity index (χ3v) is 7.15. The molecule has 3 heterocycles. The van der Waals surface area contributed by atoms with Crippen molar-refractivity contribution in [1.29, 1.82) is 0 Å². The van der Waals surface area contributed by atoms with Gasteiger partial charge in [0.25, 0.3) is 0 Å². The first kappa shape index (κ1) is 21.1. The van der Waals surface area contributed by atoms with Crippen LogP contribution in [0.25, 0.3) is 10.9 Å². The fraction of sp³-hybridized carbons (Fsp3) is 0.565. The van der Waals surface area contributed by atoms with E-state index in [4.69, 9.17) is 0 Å². The lowest BCUT2D eigenvalue weighted by Gasteiger charge is -2.37. The Morgan fingerprint density at radius 2 is 1.83 bits per heavy atom. The lowest BCUT2D eigenvalue weighted by atomic mass is 9.93. The first-order valence-electron chi connectivity index (χ1n) is 10.9. The molecule has 2 aliphatic rings. The monoisotopic (exact) mass is 426 g/mol. The van der Waals surface area contributed by atoms with E-state index in [2.05, 4.69) is 21.8 Å². The Labute approximate surface area is 182 Å². The number of piperidine rings is 2. The molecule has 2 amide bonds. The van der Waals surface area contributed by atoms with Crippen LogP contribution in [0.5, 0.6) is 0 Å². The predicted octanol–water partition coefficient (Wildman–Crippen LogP) is 3.53. The van der Waals surface area contributed by atoms with E-state index in [1.165, 1.54) is 18.2 Å². The molecule has 30 heavy (non-hydrogen) atoms. The van der Waals surface area contributed by atoms with Crippen LogP contribution in [0.2, 0.25) is 0 Å². The lowest BCUT2D eigenvalue weighted by molar-refractivity contribution is -0.141. The number of carbonyl (C=O) groups is 2. The minimum absolute atomic E-state index is 0.0699. The highest BCUT2D eigenvalue weighted by molar-refractivity contribution is 8.00. The fourth-order valence-corrected chi connectivity index (χ4v) is 5.48. The Morgan fingerprint density at radius 1 is 1.07 bits per heavy atom. The summed E-state index contributed by atoms with van der Waals surface area (Å²) in [6.07, 6.45) is 3.87. The smallest absolute Gasteiger partial charge is 0.232 e. The van der Waals surface area contributed by atoms with E-state index < -0.39 is 0 Å². The van der Waals surface area contributed by atoms with Gasteiger partial charge < -0.3 is 9.80 Å². The molecule has 1 aromatic carbocycles. The van der Waals surface area contributed by atoms with Crippen molar-refractivity contribution in [2.24, 2.45) is 11.8 Å². The second kappa shape index (κ2) is 9.33. The third-order valence-electron chi connectivity index (χ3n) is 6.18. The molecule has 0 saturated carbocycles. The zero-order chi connectivity index (χ0) is 21.1. The summed E-state index contributed by atoms with van der Waals surface area (Å²) in [5, 5.41) is 1.84. The molecule has 0 spiro atoms. The number of likely N-dealkylation sites (tertiary alicyclic amines) is 2. The van der Waals surface area contributed by atoms with E-state index in [0.717, 1.165) is 54.1 Å². The van der Waals surface area contributed by atoms with E-state index in [-0.39, 0.29) is 11.8 Å². The van der Waals surface area contributed by atoms with Gasteiger partial charge in [0.15, 0.2) is 0 Å². The maximum absolute atomic E-state index is 12.8. The summed E-state index contributed by atoms with van der Waals surface area (Å²) in [4.78, 5) is 38.6. The number of nitrogens with zero attached hydrogens (tertiary/aromatic N) is 4. The van der Waals surface area contributed by atoms with E-state index in [0.29, 0.717) is 30.7 Å². The van der Waals surface area contributed by atoms with Crippen molar-refractivity contribution in [3.63, 3.8) is 0 Å². The van der Waals surface area contributed by atoms with Crippen LogP contribution in [0.4, 0.5) is 0 Å². The Bertz CT molecular complexity index is 927. The number of aromatic nitrogens is 2. The van der Waals surface area contributed by atoms with Crippen molar-refractivity contribution in [1.82, 2.24) is 19.8 Å². The highest BCUT2D eigenvalue weighted by Gasteiger charge is 2.31. The van der Waals surface area contributed by atoms with Gasteiger partial charge in [-0.2, -0.15) is 0 Å². The molecular formula is C23H30N4O2S. The summed E-state index contributed by atoms with van der Waals surface area (Å²) in [5.41, 5.74) is 0.909. The zero-order valence-corrected chi connectivity index (χ0v) is 18.7. The zero-order valence-electron chi connectivity index (χ0n) is 17.8. The van der Waals surface area contributed by atoms with Crippen molar-refractivity contribution in [2.45, 2.75) is 44.6 Å². The number of thioether (sulfide) groups is 1. The molecule has 1 unspecified atom stereocenters. The second-order valence-electron chi connectivity index (χ2n) is 8.57. The standard InChI is InChI=1S/C23H30N4O2S/c1-16-6-5-11-27(14-16)23(29)18-9-12-26(13-10-18)21(28)15-30-22-19-7-3-4-8-20(19)24-17(2)25-22/h3-4,7-8,16,18H,5-6,9-15H2,1-2H3. The molecule has 0 N–H and O–H groups in total. The molecule has 6 nitrogen and oxygen atoms in total. The highest BCUT2D eigenvalue weighted by Crippen LogP contribution is 2.27. The van der Waals surface area contributed by atoms with Gasteiger partial charge in [-0.15, -0.1) is 0 Å². The molecule has 1 atom stereocenters. The maximum atomic E-state index is 12.8. The van der Waals surface area contributed by atoms with Crippen LogP contribution in [0.15, 0.2) is 29.3 Å². The topological polar surface area (TPSA) is 66.4 Å². The molecule has 1 aromatic heterocycles. The first-order chi connectivity index (χ1) is 14.5. The van der Waals surface area contributed by atoms with E-state index in [1.807, 2.05) is 36.1 Å². The maximum Gasteiger partial charge on any atom is 0.232 e. The van der Waals surface area contributed by atoms with Crippen molar-refractivity contribution in [2.75, 3.05) is 31.9 Å². The molecular weight excluding hydrogens is 396 g/mol. The minimum atomic E-state index is 0.0699. The van der Waals surface area contributed by atoms with Gasteiger partial charge >= 0.3 is 0 Å². The summed E-state index contributed by atoms with van der Waals surface area (Å²) in [6.45, 7) is 7.22. The van der Waals surface area contributed by atoms with Gasteiger partial charge in [-0.05, 0) is 44.6 Å². The Morgan fingerprint density at radius 3 is 2.60 bits per heavy atom. The van der Waals surface area contributed by atoms with Crippen LogP contribution in [-0.2, 0) is 9.59 Å². The molecule has 2 aromatic rings. The number of benzene rings is 1. The Balaban J connectivity index is 1.30.